The van der Waals surface area contributed by atoms with E-state index in [0.717, 1.165) is 26.1 Å². The average molecular weight is 220 g/mol. The summed E-state index contributed by atoms with van der Waals surface area (Å²) >= 11 is 0. The average Bonchev–Trinajstić information content (AvgIpc) is 2.17. The molecule has 3 nitrogen and oxygen atoms in total. The van der Waals surface area contributed by atoms with Crippen molar-refractivity contribution in [2.75, 3.05) is 26.4 Å². The smallest absolute Gasteiger partial charge is 0.0662 e. The second-order valence-corrected chi connectivity index (χ2v) is 3.47. The first-order chi connectivity index (χ1) is 7.33. The van der Waals surface area contributed by atoms with Crippen molar-refractivity contribution in [3.63, 3.8) is 0 Å². The van der Waals surface area contributed by atoms with Crippen molar-refractivity contribution in [2.45, 2.75) is 52.4 Å². The van der Waals surface area contributed by atoms with E-state index in [1.54, 1.807) is 0 Å². The first-order valence-electron chi connectivity index (χ1n) is 6.12. The number of aliphatic hydroxyl groups is 2. The molecule has 2 N–H and O–H groups in total. The molecule has 0 unspecified atom stereocenters. The third-order valence-electron chi connectivity index (χ3n) is 1.80. The summed E-state index contributed by atoms with van der Waals surface area (Å²) in [7, 11) is 0. The van der Waals surface area contributed by atoms with Crippen molar-refractivity contribution in [3.8, 4) is 0 Å². The molecule has 0 radical (unpaired) electrons. The minimum Gasteiger partial charge on any atom is -0.394 e. The Morgan fingerprint density at radius 3 is 1.27 bits per heavy atom. The summed E-state index contributed by atoms with van der Waals surface area (Å²) in [6.07, 6.45) is 8.28. The Labute approximate surface area is 94.5 Å². The van der Waals surface area contributed by atoms with E-state index in [1.165, 1.54) is 25.7 Å². The monoisotopic (exact) mass is 220 g/mol. The van der Waals surface area contributed by atoms with E-state index in [2.05, 4.69) is 13.8 Å². The molecule has 0 aromatic heterocycles. The molecule has 1 aliphatic rings. The van der Waals surface area contributed by atoms with Crippen LogP contribution in [0, 0.1) is 0 Å². The number of hydrogen-bond donors (Lipinski definition) is 2. The Kier molecular flexibility index (Phi) is 22.4. The fourth-order valence-corrected chi connectivity index (χ4v) is 0.641. The Morgan fingerprint density at radius 2 is 1.13 bits per heavy atom. The number of rotatable bonds is 5. The molecule has 94 valence electrons. The van der Waals surface area contributed by atoms with Crippen molar-refractivity contribution in [2.24, 2.45) is 0 Å². The van der Waals surface area contributed by atoms with E-state index < -0.39 is 0 Å². The molecular weight excluding hydrogens is 192 g/mol. The fourth-order valence-electron chi connectivity index (χ4n) is 0.641. The topological polar surface area (TPSA) is 49.7 Å². The van der Waals surface area contributed by atoms with Crippen LogP contribution in [0.1, 0.15) is 52.4 Å². The maximum Gasteiger partial charge on any atom is 0.0662 e. The van der Waals surface area contributed by atoms with Crippen molar-refractivity contribution in [1.29, 1.82) is 0 Å². The summed E-state index contributed by atoms with van der Waals surface area (Å²) in [5, 5.41) is 15.2. The molecule has 1 saturated carbocycles. The predicted molar refractivity (Wildman–Crippen MR) is 64.0 cm³/mol. The van der Waals surface area contributed by atoms with Gasteiger partial charge in [0, 0.05) is 13.2 Å². The van der Waals surface area contributed by atoms with Gasteiger partial charge in [0.25, 0.3) is 0 Å². The van der Waals surface area contributed by atoms with Crippen LogP contribution in [0.25, 0.3) is 0 Å². The summed E-state index contributed by atoms with van der Waals surface area (Å²) in [4.78, 5) is 0. The van der Waals surface area contributed by atoms with Gasteiger partial charge >= 0.3 is 0 Å². The minimum absolute atomic E-state index is 0.125. The van der Waals surface area contributed by atoms with E-state index in [4.69, 9.17) is 14.9 Å². The van der Waals surface area contributed by atoms with Crippen molar-refractivity contribution in [3.05, 3.63) is 0 Å². The molecule has 0 spiro atoms. The van der Waals surface area contributed by atoms with Gasteiger partial charge in [0.05, 0.1) is 13.2 Å². The SMILES string of the molecule is C1CCC1.CCCOCCC.OCCO. The fraction of sp³-hybridized carbons (Fsp3) is 1.00. The number of hydrogen-bond acceptors (Lipinski definition) is 3. The van der Waals surface area contributed by atoms with Gasteiger partial charge in [-0.2, -0.15) is 0 Å². The van der Waals surface area contributed by atoms with E-state index in [-0.39, 0.29) is 13.2 Å². The molecule has 0 bridgehead atoms. The van der Waals surface area contributed by atoms with E-state index >= 15 is 0 Å². The summed E-state index contributed by atoms with van der Waals surface area (Å²) in [5.41, 5.74) is 0. The second-order valence-electron chi connectivity index (χ2n) is 3.47. The Hall–Kier alpha value is -0.120. The highest BCUT2D eigenvalue weighted by Gasteiger charge is 1.95. The molecule has 3 heteroatoms. The molecule has 0 amide bonds. The quantitative estimate of drug-likeness (QED) is 0.699. The van der Waals surface area contributed by atoms with Crippen LogP contribution in [0.5, 0.6) is 0 Å². The lowest BCUT2D eigenvalue weighted by Crippen LogP contribution is -1.92. The van der Waals surface area contributed by atoms with Crippen LogP contribution in [0.4, 0.5) is 0 Å². The van der Waals surface area contributed by atoms with Crippen molar-refractivity contribution >= 4 is 0 Å². The highest BCUT2D eigenvalue weighted by Crippen LogP contribution is 2.15. The lowest BCUT2D eigenvalue weighted by Gasteiger charge is -2.05. The zero-order valence-electron chi connectivity index (χ0n) is 10.4. The highest BCUT2D eigenvalue weighted by atomic mass is 16.5. The lowest BCUT2D eigenvalue weighted by molar-refractivity contribution is 0.135. The van der Waals surface area contributed by atoms with Crippen LogP contribution in [0.2, 0.25) is 0 Å². The van der Waals surface area contributed by atoms with E-state index in [9.17, 15) is 0 Å². The van der Waals surface area contributed by atoms with Crippen LogP contribution in [0.15, 0.2) is 0 Å². The molecule has 1 fully saturated rings. The van der Waals surface area contributed by atoms with Gasteiger partial charge in [0.15, 0.2) is 0 Å². The van der Waals surface area contributed by atoms with Gasteiger partial charge in [-0.3, -0.25) is 0 Å². The van der Waals surface area contributed by atoms with E-state index in [0.29, 0.717) is 0 Å². The molecule has 0 aromatic rings. The largest absolute Gasteiger partial charge is 0.394 e. The molecule has 1 aliphatic carbocycles. The van der Waals surface area contributed by atoms with Crippen LogP contribution in [-0.4, -0.2) is 36.6 Å². The van der Waals surface area contributed by atoms with Gasteiger partial charge in [0.1, 0.15) is 0 Å². The Morgan fingerprint density at radius 1 is 0.800 bits per heavy atom. The zero-order valence-corrected chi connectivity index (χ0v) is 10.4. The Balaban J connectivity index is 0. The van der Waals surface area contributed by atoms with Gasteiger partial charge in [-0.05, 0) is 12.8 Å². The molecule has 0 aromatic carbocycles. The van der Waals surface area contributed by atoms with Gasteiger partial charge < -0.3 is 14.9 Å². The summed E-state index contributed by atoms with van der Waals surface area (Å²) in [6.45, 7) is 5.84. The molecule has 0 atom stereocenters. The van der Waals surface area contributed by atoms with Crippen molar-refractivity contribution in [1.82, 2.24) is 0 Å². The molecule has 0 aliphatic heterocycles. The lowest BCUT2D eigenvalue weighted by atomic mass is 10.0. The van der Waals surface area contributed by atoms with Gasteiger partial charge in [-0.1, -0.05) is 39.5 Å². The molecule has 15 heavy (non-hydrogen) atoms. The first kappa shape index (κ1) is 17.3. The summed E-state index contributed by atoms with van der Waals surface area (Å²) < 4.78 is 5.13. The number of ether oxygens (including phenoxy) is 1. The predicted octanol–water partition coefficient (Wildman–Crippen LogP) is 2.35. The third-order valence-corrected chi connectivity index (χ3v) is 1.80. The molecular formula is C12H28O3. The molecule has 0 heterocycles. The van der Waals surface area contributed by atoms with Crippen LogP contribution in [0.3, 0.4) is 0 Å². The standard InChI is InChI=1S/C6H14O.C4H8.C2H6O2/c1-3-5-7-6-4-2;1-2-4-3-1;3-1-2-4/h3-6H2,1-2H3;1-4H2;3-4H,1-2H2. The maximum absolute atomic E-state index is 7.62. The van der Waals surface area contributed by atoms with Crippen LogP contribution in [-0.2, 0) is 4.74 Å². The second kappa shape index (κ2) is 19.5. The van der Waals surface area contributed by atoms with Crippen LogP contribution < -0.4 is 0 Å². The molecule has 0 saturated heterocycles. The summed E-state index contributed by atoms with van der Waals surface area (Å²) in [6, 6.07) is 0. The van der Waals surface area contributed by atoms with Crippen molar-refractivity contribution < 1.29 is 14.9 Å². The first-order valence-corrected chi connectivity index (χ1v) is 6.12. The number of aliphatic hydroxyl groups excluding tert-OH is 2. The van der Waals surface area contributed by atoms with Gasteiger partial charge in [-0.15, -0.1) is 0 Å². The summed E-state index contributed by atoms with van der Waals surface area (Å²) in [5.74, 6) is 0. The van der Waals surface area contributed by atoms with Gasteiger partial charge in [-0.25, -0.2) is 0 Å². The van der Waals surface area contributed by atoms with Gasteiger partial charge in [0.2, 0.25) is 0 Å². The Bertz CT molecular complexity index is 72.9. The highest BCUT2D eigenvalue weighted by molar-refractivity contribution is 4.50. The third kappa shape index (κ3) is 24.8. The minimum atomic E-state index is -0.125. The van der Waals surface area contributed by atoms with Crippen LogP contribution >= 0.6 is 0 Å². The zero-order chi connectivity index (χ0) is 11.8. The van der Waals surface area contributed by atoms with E-state index in [1.807, 2.05) is 0 Å². The maximum atomic E-state index is 7.62. The normalized spacial score (nSPS) is 12.8. The molecule has 1 rings (SSSR count).